The van der Waals surface area contributed by atoms with E-state index < -0.39 is 0 Å². The number of aromatic nitrogens is 2. The SMILES string of the molecule is CNCCn1ccnc1C.[Cl-].[Cl-]. The Morgan fingerprint density at radius 3 is 2.58 bits per heavy atom. The molecular weight excluding hydrogens is 197 g/mol. The molecule has 3 nitrogen and oxygen atoms in total. The van der Waals surface area contributed by atoms with Crippen molar-refractivity contribution in [3.05, 3.63) is 18.2 Å². The number of nitrogens with zero attached hydrogens (tertiary/aromatic N) is 2. The van der Waals surface area contributed by atoms with Gasteiger partial charge >= 0.3 is 0 Å². The molecule has 1 heterocycles. The minimum Gasteiger partial charge on any atom is -1.00 e. The predicted molar refractivity (Wildman–Crippen MR) is 40.9 cm³/mol. The van der Waals surface area contributed by atoms with Crippen LogP contribution in [-0.2, 0) is 6.54 Å². The van der Waals surface area contributed by atoms with E-state index in [1.165, 1.54) is 0 Å². The van der Waals surface area contributed by atoms with Crippen LogP contribution in [0.2, 0.25) is 0 Å². The molecule has 1 rings (SSSR count). The van der Waals surface area contributed by atoms with Crippen LogP contribution in [0.25, 0.3) is 0 Å². The predicted octanol–water partition coefficient (Wildman–Crippen LogP) is -5.58. The van der Waals surface area contributed by atoms with E-state index in [0.29, 0.717) is 0 Å². The molecule has 0 saturated carbocycles. The summed E-state index contributed by atoms with van der Waals surface area (Å²) in [6, 6.07) is 0. The van der Waals surface area contributed by atoms with Gasteiger partial charge < -0.3 is 34.7 Å². The minimum absolute atomic E-state index is 0. The lowest BCUT2D eigenvalue weighted by Crippen LogP contribution is -3.00. The third-order valence-corrected chi connectivity index (χ3v) is 1.53. The number of hydrogen-bond donors (Lipinski definition) is 1. The van der Waals surface area contributed by atoms with E-state index in [-0.39, 0.29) is 24.8 Å². The maximum Gasteiger partial charge on any atom is 0.105 e. The van der Waals surface area contributed by atoms with Gasteiger partial charge in [-0.2, -0.15) is 0 Å². The third-order valence-electron chi connectivity index (χ3n) is 1.53. The summed E-state index contributed by atoms with van der Waals surface area (Å²) in [5, 5.41) is 3.08. The summed E-state index contributed by atoms with van der Waals surface area (Å²) in [6.45, 7) is 4.01. The van der Waals surface area contributed by atoms with Crippen molar-refractivity contribution < 1.29 is 24.8 Å². The molecule has 0 spiro atoms. The average molecular weight is 210 g/mol. The molecule has 1 N–H and O–H groups in total. The van der Waals surface area contributed by atoms with Crippen LogP contribution in [0.1, 0.15) is 5.82 Å². The first-order valence-electron chi connectivity index (χ1n) is 3.47. The topological polar surface area (TPSA) is 29.9 Å². The normalized spacial score (nSPS) is 8.50. The number of aryl methyl sites for hydroxylation is 1. The zero-order chi connectivity index (χ0) is 7.40. The summed E-state index contributed by atoms with van der Waals surface area (Å²) in [6.07, 6.45) is 3.82. The largest absolute Gasteiger partial charge is 1.00 e. The highest BCUT2D eigenvalue weighted by Gasteiger charge is 1.92. The van der Waals surface area contributed by atoms with Crippen LogP contribution < -0.4 is 30.1 Å². The van der Waals surface area contributed by atoms with Crippen LogP contribution in [0.3, 0.4) is 0 Å². The van der Waals surface area contributed by atoms with E-state index in [0.717, 1.165) is 18.9 Å². The average Bonchev–Trinajstić information content (AvgIpc) is 2.31. The molecule has 0 radical (unpaired) electrons. The second kappa shape index (κ2) is 7.40. The molecule has 5 heteroatoms. The Labute approximate surface area is 85.4 Å². The number of hydrogen-bond acceptors (Lipinski definition) is 2. The van der Waals surface area contributed by atoms with Gasteiger partial charge in [0, 0.05) is 25.5 Å². The van der Waals surface area contributed by atoms with E-state index in [1.54, 1.807) is 0 Å². The molecule has 0 bridgehead atoms. The number of nitrogens with one attached hydrogen (secondary N) is 1. The van der Waals surface area contributed by atoms with Crippen molar-refractivity contribution in [1.29, 1.82) is 0 Å². The lowest BCUT2D eigenvalue weighted by atomic mass is 10.6. The van der Waals surface area contributed by atoms with Crippen molar-refractivity contribution in [2.24, 2.45) is 0 Å². The Morgan fingerprint density at radius 1 is 1.50 bits per heavy atom. The number of likely N-dealkylation sites (N-methyl/N-ethyl adjacent to an activating group) is 1. The van der Waals surface area contributed by atoms with Crippen molar-refractivity contribution in [3.63, 3.8) is 0 Å². The summed E-state index contributed by atoms with van der Waals surface area (Å²) < 4.78 is 2.12. The molecule has 0 aliphatic heterocycles. The Bertz CT molecular complexity index is 200. The summed E-state index contributed by atoms with van der Waals surface area (Å²) in [4.78, 5) is 4.10. The monoisotopic (exact) mass is 209 g/mol. The first kappa shape index (κ1) is 14.3. The zero-order valence-electron chi connectivity index (χ0n) is 7.22. The quantitative estimate of drug-likeness (QED) is 0.539. The van der Waals surface area contributed by atoms with Gasteiger partial charge in [-0.05, 0) is 14.0 Å². The van der Waals surface area contributed by atoms with Crippen LogP contribution in [0.5, 0.6) is 0 Å². The molecular formula is C7H13Cl2N3-2. The molecule has 0 aliphatic carbocycles. The Balaban J connectivity index is 0. The van der Waals surface area contributed by atoms with E-state index >= 15 is 0 Å². The van der Waals surface area contributed by atoms with Crippen molar-refractivity contribution in [3.8, 4) is 0 Å². The second-order valence-corrected chi connectivity index (χ2v) is 2.27. The molecule has 12 heavy (non-hydrogen) atoms. The molecule has 0 aromatic carbocycles. The van der Waals surface area contributed by atoms with Crippen LogP contribution in [-0.4, -0.2) is 23.1 Å². The highest BCUT2D eigenvalue weighted by atomic mass is 35.5. The highest BCUT2D eigenvalue weighted by molar-refractivity contribution is 4.88. The fourth-order valence-electron chi connectivity index (χ4n) is 0.872. The van der Waals surface area contributed by atoms with Crippen LogP contribution in [0, 0.1) is 6.92 Å². The van der Waals surface area contributed by atoms with Gasteiger partial charge in [0.05, 0.1) is 0 Å². The smallest absolute Gasteiger partial charge is 0.105 e. The fraction of sp³-hybridized carbons (Fsp3) is 0.571. The first-order valence-corrected chi connectivity index (χ1v) is 3.47. The molecule has 0 aliphatic rings. The van der Waals surface area contributed by atoms with E-state index in [4.69, 9.17) is 0 Å². The van der Waals surface area contributed by atoms with Crippen molar-refractivity contribution in [1.82, 2.24) is 14.9 Å². The van der Waals surface area contributed by atoms with E-state index in [2.05, 4.69) is 14.9 Å². The number of rotatable bonds is 3. The lowest BCUT2D eigenvalue weighted by Gasteiger charge is -2.02. The van der Waals surface area contributed by atoms with E-state index in [1.807, 2.05) is 26.4 Å². The Kier molecular flexibility index (Phi) is 8.81. The number of imidazole rings is 1. The molecule has 72 valence electrons. The summed E-state index contributed by atoms with van der Waals surface area (Å²) in [7, 11) is 1.95. The summed E-state index contributed by atoms with van der Waals surface area (Å²) >= 11 is 0. The van der Waals surface area contributed by atoms with Gasteiger partial charge in [0.2, 0.25) is 0 Å². The summed E-state index contributed by atoms with van der Waals surface area (Å²) in [5.41, 5.74) is 0. The van der Waals surface area contributed by atoms with Gasteiger partial charge in [0.15, 0.2) is 0 Å². The van der Waals surface area contributed by atoms with Crippen LogP contribution in [0.15, 0.2) is 12.4 Å². The molecule has 0 atom stereocenters. The molecule has 1 aromatic heterocycles. The van der Waals surface area contributed by atoms with Gasteiger partial charge in [-0.25, -0.2) is 4.98 Å². The lowest BCUT2D eigenvalue weighted by molar-refractivity contribution is -0.001000. The van der Waals surface area contributed by atoms with Gasteiger partial charge in [-0.1, -0.05) is 0 Å². The molecule has 0 saturated heterocycles. The Hall–Kier alpha value is -0.250. The van der Waals surface area contributed by atoms with Gasteiger partial charge in [0.1, 0.15) is 5.82 Å². The van der Waals surface area contributed by atoms with Crippen molar-refractivity contribution in [2.45, 2.75) is 13.5 Å². The fourth-order valence-corrected chi connectivity index (χ4v) is 0.872. The van der Waals surface area contributed by atoms with Crippen molar-refractivity contribution >= 4 is 0 Å². The van der Waals surface area contributed by atoms with Gasteiger partial charge in [-0.3, -0.25) is 0 Å². The van der Waals surface area contributed by atoms with Crippen LogP contribution >= 0.6 is 0 Å². The highest BCUT2D eigenvalue weighted by Crippen LogP contribution is 1.92. The standard InChI is InChI=1S/C7H13N3.2ClH/c1-7-9-4-6-10(7)5-3-8-2;;/h4,6,8H,3,5H2,1-2H3;2*1H/p-2. The maximum absolute atomic E-state index is 4.10. The van der Waals surface area contributed by atoms with Crippen LogP contribution in [0.4, 0.5) is 0 Å². The zero-order valence-corrected chi connectivity index (χ0v) is 8.73. The molecule has 0 fully saturated rings. The maximum atomic E-state index is 4.10. The third kappa shape index (κ3) is 3.95. The molecule has 0 amide bonds. The minimum atomic E-state index is 0. The first-order chi connectivity index (χ1) is 4.84. The Morgan fingerprint density at radius 2 is 2.17 bits per heavy atom. The molecule has 0 unspecified atom stereocenters. The van der Waals surface area contributed by atoms with E-state index in [9.17, 15) is 0 Å². The van der Waals surface area contributed by atoms with Gasteiger partial charge in [-0.15, -0.1) is 0 Å². The van der Waals surface area contributed by atoms with Crippen molar-refractivity contribution in [2.75, 3.05) is 13.6 Å². The summed E-state index contributed by atoms with van der Waals surface area (Å²) in [5.74, 6) is 1.08. The molecule has 1 aromatic rings. The van der Waals surface area contributed by atoms with Gasteiger partial charge in [0.25, 0.3) is 0 Å². The number of halogens is 2. The second-order valence-electron chi connectivity index (χ2n) is 2.27.